The molecule has 0 aromatic heterocycles. The van der Waals surface area contributed by atoms with Crippen molar-refractivity contribution in [2.24, 2.45) is 0 Å². The standard InChI is InChI=1S/C4H4Br2Cl2O/c5-3(6)1-2(9)4(7)8/h1-2,4,9H. The molecule has 0 aromatic rings. The van der Waals surface area contributed by atoms with E-state index in [1.165, 1.54) is 6.08 Å². The summed E-state index contributed by atoms with van der Waals surface area (Å²) in [6, 6.07) is 0. The lowest BCUT2D eigenvalue weighted by Gasteiger charge is -2.03. The van der Waals surface area contributed by atoms with Crippen LogP contribution in [0.2, 0.25) is 0 Å². The van der Waals surface area contributed by atoms with Gasteiger partial charge in [-0.15, -0.1) is 23.2 Å². The molecule has 9 heavy (non-hydrogen) atoms. The maximum absolute atomic E-state index is 8.90. The van der Waals surface area contributed by atoms with E-state index in [1.54, 1.807) is 0 Å². The van der Waals surface area contributed by atoms with Gasteiger partial charge in [0.25, 0.3) is 0 Å². The molecule has 0 spiro atoms. The zero-order chi connectivity index (χ0) is 7.44. The van der Waals surface area contributed by atoms with Gasteiger partial charge in [-0.2, -0.15) is 0 Å². The maximum atomic E-state index is 8.90. The second-order valence-electron chi connectivity index (χ2n) is 1.28. The predicted octanol–water partition coefficient (Wildman–Crippen LogP) is 2.78. The van der Waals surface area contributed by atoms with Crippen LogP contribution in [0.25, 0.3) is 0 Å². The van der Waals surface area contributed by atoms with Gasteiger partial charge >= 0.3 is 0 Å². The molecule has 1 unspecified atom stereocenters. The summed E-state index contributed by atoms with van der Waals surface area (Å²) in [5, 5.41) is 8.90. The Hall–Kier alpha value is 1.24. The molecule has 1 N–H and O–H groups in total. The molecule has 0 radical (unpaired) electrons. The summed E-state index contributed by atoms with van der Waals surface area (Å²) in [4.78, 5) is -0.782. The number of aliphatic hydroxyl groups is 1. The monoisotopic (exact) mass is 296 g/mol. The van der Waals surface area contributed by atoms with Crippen molar-refractivity contribution in [2.75, 3.05) is 0 Å². The first-order chi connectivity index (χ1) is 4.04. The Morgan fingerprint density at radius 2 is 1.89 bits per heavy atom. The third-order valence-corrected chi connectivity index (χ3v) is 1.60. The van der Waals surface area contributed by atoms with E-state index in [1.807, 2.05) is 0 Å². The Bertz CT molecular complexity index is 111. The van der Waals surface area contributed by atoms with Crippen LogP contribution >= 0.6 is 55.1 Å². The Balaban J connectivity index is 3.76. The topological polar surface area (TPSA) is 20.2 Å². The molecule has 5 heteroatoms. The minimum absolute atomic E-state index is 0.633. The summed E-state index contributed by atoms with van der Waals surface area (Å²) in [5.41, 5.74) is 0. The minimum atomic E-state index is -0.831. The van der Waals surface area contributed by atoms with Gasteiger partial charge in [0.15, 0.2) is 0 Å². The summed E-state index contributed by atoms with van der Waals surface area (Å²) in [6.07, 6.45) is 0.618. The molecule has 1 atom stereocenters. The van der Waals surface area contributed by atoms with Crippen LogP contribution in [0.1, 0.15) is 0 Å². The quantitative estimate of drug-likeness (QED) is 0.777. The van der Waals surface area contributed by atoms with E-state index in [0.717, 1.165) is 0 Å². The average Bonchev–Trinajstić information content (AvgIpc) is 1.63. The molecule has 0 heterocycles. The van der Waals surface area contributed by atoms with Crippen molar-refractivity contribution in [1.82, 2.24) is 0 Å². The first-order valence-electron chi connectivity index (χ1n) is 2.03. The van der Waals surface area contributed by atoms with Crippen molar-refractivity contribution in [2.45, 2.75) is 10.9 Å². The minimum Gasteiger partial charge on any atom is -0.386 e. The predicted molar refractivity (Wildman–Crippen MR) is 47.4 cm³/mol. The van der Waals surface area contributed by atoms with Crippen LogP contribution in [0, 0.1) is 0 Å². The van der Waals surface area contributed by atoms with Gasteiger partial charge in [-0.25, -0.2) is 0 Å². The molecule has 0 aromatic carbocycles. The van der Waals surface area contributed by atoms with Crippen molar-refractivity contribution in [3.05, 3.63) is 9.47 Å². The average molecular weight is 299 g/mol. The fourth-order valence-corrected chi connectivity index (χ4v) is 0.889. The van der Waals surface area contributed by atoms with Crippen molar-refractivity contribution in [1.29, 1.82) is 0 Å². The van der Waals surface area contributed by atoms with Crippen LogP contribution in [0.3, 0.4) is 0 Å². The number of halogens is 4. The Morgan fingerprint density at radius 1 is 1.44 bits per heavy atom. The lowest BCUT2D eigenvalue weighted by Crippen LogP contribution is -2.11. The second kappa shape index (κ2) is 4.97. The SMILES string of the molecule is OC(C=C(Br)Br)C(Cl)Cl. The summed E-state index contributed by atoms with van der Waals surface area (Å²) < 4.78 is 0.633. The molecule has 0 saturated heterocycles. The molecule has 0 aliphatic rings. The normalized spacial score (nSPS) is 13.6. The molecule has 0 aliphatic carbocycles. The van der Waals surface area contributed by atoms with Gasteiger partial charge in [0.2, 0.25) is 0 Å². The van der Waals surface area contributed by atoms with E-state index in [0.29, 0.717) is 3.39 Å². The van der Waals surface area contributed by atoms with Crippen LogP contribution in [0.15, 0.2) is 9.47 Å². The van der Waals surface area contributed by atoms with Crippen LogP contribution < -0.4 is 0 Å². The van der Waals surface area contributed by atoms with Gasteiger partial charge in [0, 0.05) is 0 Å². The number of rotatable bonds is 2. The Labute approximate surface area is 80.3 Å². The van der Waals surface area contributed by atoms with E-state index in [-0.39, 0.29) is 0 Å². The summed E-state index contributed by atoms with van der Waals surface area (Å²) >= 11 is 16.7. The fraction of sp³-hybridized carbons (Fsp3) is 0.500. The highest BCUT2D eigenvalue weighted by Gasteiger charge is 2.09. The number of hydrogen-bond acceptors (Lipinski definition) is 1. The first-order valence-corrected chi connectivity index (χ1v) is 4.49. The molecular weight excluding hydrogens is 295 g/mol. The molecule has 0 rings (SSSR count). The van der Waals surface area contributed by atoms with Crippen molar-refractivity contribution < 1.29 is 5.11 Å². The van der Waals surface area contributed by atoms with Crippen LogP contribution in [-0.4, -0.2) is 16.0 Å². The second-order valence-corrected chi connectivity index (χ2v) is 5.22. The van der Waals surface area contributed by atoms with Crippen LogP contribution in [0.5, 0.6) is 0 Å². The molecule has 0 saturated carbocycles. The van der Waals surface area contributed by atoms with Gasteiger partial charge in [-0.05, 0) is 37.9 Å². The van der Waals surface area contributed by atoms with E-state index in [9.17, 15) is 0 Å². The van der Waals surface area contributed by atoms with E-state index < -0.39 is 10.9 Å². The number of aliphatic hydroxyl groups excluding tert-OH is 1. The molecular formula is C4H4Br2Cl2O. The van der Waals surface area contributed by atoms with Gasteiger partial charge in [-0.3, -0.25) is 0 Å². The fourth-order valence-electron chi connectivity index (χ4n) is 0.202. The van der Waals surface area contributed by atoms with E-state index >= 15 is 0 Å². The van der Waals surface area contributed by atoms with Gasteiger partial charge in [0.05, 0.1) is 3.39 Å². The van der Waals surface area contributed by atoms with Gasteiger partial charge in [0.1, 0.15) is 10.9 Å². The van der Waals surface area contributed by atoms with Gasteiger partial charge < -0.3 is 5.11 Å². The highest BCUT2D eigenvalue weighted by Crippen LogP contribution is 2.17. The van der Waals surface area contributed by atoms with Crippen LogP contribution in [-0.2, 0) is 0 Å². The zero-order valence-electron chi connectivity index (χ0n) is 4.19. The summed E-state index contributed by atoms with van der Waals surface area (Å²) in [6.45, 7) is 0. The third-order valence-electron chi connectivity index (χ3n) is 0.555. The van der Waals surface area contributed by atoms with E-state index in [2.05, 4.69) is 31.9 Å². The van der Waals surface area contributed by atoms with Crippen LogP contribution in [0.4, 0.5) is 0 Å². The zero-order valence-corrected chi connectivity index (χ0v) is 8.87. The lowest BCUT2D eigenvalue weighted by atomic mass is 10.4. The molecule has 54 valence electrons. The highest BCUT2D eigenvalue weighted by molar-refractivity contribution is 9.28. The summed E-state index contributed by atoms with van der Waals surface area (Å²) in [5.74, 6) is 0. The number of alkyl halides is 2. The number of hydrogen-bond donors (Lipinski definition) is 1. The van der Waals surface area contributed by atoms with Gasteiger partial charge in [-0.1, -0.05) is 0 Å². The maximum Gasteiger partial charge on any atom is 0.137 e. The van der Waals surface area contributed by atoms with Crippen molar-refractivity contribution in [3.8, 4) is 0 Å². The largest absolute Gasteiger partial charge is 0.386 e. The van der Waals surface area contributed by atoms with Crippen molar-refractivity contribution in [3.63, 3.8) is 0 Å². The smallest absolute Gasteiger partial charge is 0.137 e. The molecule has 0 amide bonds. The highest BCUT2D eigenvalue weighted by atomic mass is 79.9. The summed E-state index contributed by atoms with van der Waals surface area (Å²) in [7, 11) is 0. The Kier molecular flexibility index (Phi) is 5.65. The lowest BCUT2D eigenvalue weighted by molar-refractivity contribution is 0.238. The van der Waals surface area contributed by atoms with E-state index in [4.69, 9.17) is 28.3 Å². The molecule has 0 aliphatic heterocycles. The first kappa shape index (κ1) is 10.2. The third kappa shape index (κ3) is 5.67. The van der Waals surface area contributed by atoms with Crippen molar-refractivity contribution >= 4 is 55.1 Å². The molecule has 0 fully saturated rings. The molecule has 1 nitrogen and oxygen atoms in total. The molecule has 0 bridgehead atoms. The Morgan fingerprint density at radius 3 is 2.00 bits per heavy atom.